The van der Waals surface area contributed by atoms with Crippen LogP contribution < -0.4 is 10.2 Å². The van der Waals surface area contributed by atoms with Crippen molar-refractivity contribution in [2.75, 3.05) is 44.3 Å². The van der Waals surface area contributed by atoms with Crippen LogP contribution in [-0.4, -0.2) is 63.0 Å². The van der Waals surface area contributed by atoms with Gasteiger partial charge in [0, 0.05) is 49.9 Å². The van der Waals surface area contributed by atoms with Crippen LogP contribution in [0.4, 0.5) is 5.82 Å². The Hall–Kier alpha value is -2.20. The van der Waals surface area contributed by atoms with Crippen molar-refractivity contribution in [3.05, 3.63) is 53.2 Å². The second-order valence-electron chi connectivity index (χ2n) is 7.95. The maximum absolute atomic E-state index is 13.2. The molecule has 32 heavy (non-hydrogen) atoms. The number of benzene rings is 1. The van der Waals surface area contributed by atoms with Crippen LogP contribution in [0.3, 0.4) is 0 Å². The molecular formula is C22H27ClN4O4S. The van der Waals surface area contributed by atoms with Crippen LogP contribution in [0, 0.1) is 5.92 Å². The quantitative estimate of drug-likeness (QED) is 0.685. The number of piperidine rings is 1. The summed E-state index contributed by atoms with van der Waals surface area (Å²) in [5.41, 5.74) is 0.953. The number of sulfonamides is 1. The third-order valence-corrected chi connectivity index (χ3v) is 8.01. The third kappa shape index (κ3) is 5.23. The van der Waals surface area contributed by atoms with Crippen molar-refractivity contribution >= 4 is 33.3 Å². The second-order valence-corrected chi connectivity index (χ2v) is 10.3. The molecule has 2 saturated heterocycles. The van der Waals surface area contributed by atoms with Crippen LogP contribution >= 0.6 is 11.6 Å². The first-order chi connectivity index (χ1) is 15.4. The van der Waals surface area contributed by atoms with E-state index in [1.54, 1.807) is 24.4 Å². The highest BCUT2D eigenvalue weighted by Gasteiger charge is 2.33. The van der Waals surface area contributed by atoms with Gasteiger partial charge in [0.25, 0.3) is 0 Å². The number of amides is 1. The fourth-order valence-corrected chi connectivity index (χ4v) is 5.86. The van der Waals surface area contributed by atoms with E-state index in [1.165, 1.54) is 4.31 Å². The number of aromatic nitrogens is 1. The number of anilines is 1. The Balaban J connectivity index is 1.39. The SMILES string of the molecule is O=C(NCc1cccc(Cl)c1)C1CCN(c2ncccc2S(=O)(=O)N2CCOCC2)CC1. The van der Waals surface area contributed by atoms with Crippen molar-refractivity contribution in [3.63, 3.8) is 0 Å². The average Bonchev–Trinajstić information content (AvgIpc) is 2.83. The van der Waals surface area contributed by atoms with Crippen molar-refractivity contribution < 1.29 is 17.9 Å². The normalized spacial score (nSPS) is 18.5. The Morgan fingerprint density at radius 3 is 2.59 bits per heavy atom. The molecule has 0 bridgehead atoms. The van der Waals surface area contributed by atoms with Crippen molar-refractivity contribution in [3.8, 4) is 0 Å². The lowest BCUT2D eigenvalue weighted by Crippen LogP contribution is -2.43. The minimum absolute atomic E-state index is 0.00630. The monoisotopic (exact) mass is 478 g/mol. The van der Waals surface area contributed by atoms with Crippen molar-refractivity contribution in [1.29, 1.82) is 0 Å². The van der Waals surface area contributed by atoms with Crippen molar-refractivity contribution in [2.24, 2.45) is 5.92 Å². The average molecular weight is 479 g/mol. The smallest absolute Gasteiger partial charge is 0.246 e. The Morgan fingerprint density at radius 1 is 1.12 bits per heavy atom. The predicted octanol–water partition coefficient (Wildman–Crippen LogP) is 2.29. The predicted molar refractivity (Wildman–Crippen MR) is 122 cm³/mol. The topological polar surface area (TPSA) is 91.8 Å². The Bertz CT molecular complexity index is 1050. The molecule has 0 radical (unpaired) electrons. The summed E-state index contributed by atoms with van der Waals surface area (Å²) in [4.78, 5) is 19.2. The molecule has 2 aliphatic rings. The number of rotatable bonds is 6. The van der Waals surface area contributed by atoms with Crippen molar-refractivity contribution in [2.45, 2.75) is 24.3 Å². The summed E-state index contributed by atoms with van der Waals surface area (Å²) in [6.07, 6.45) is 2.88. The minimum Gasteiger partial charge on any atom is -0.379 e. The molecule has 4 rings (SSSR count). The maximum Gasteiger partial charge on any atom is 0.246 e. The van der Waals surface area contributed by atoms with Gasteiger partial charge < -0.3 is 15.0 Å². The molecule has 8 nitrogen and oxygen atoms in total. The number of carbonyl (C=O) groups excluding carboxylic acids is 1. The van der Waals surface area contributed by atoms with Crippen LogP contribution in [0.2, 0.25) is 5.02 Å². The van der Waals surface area contributed by atoms with Gasteiger partial charge in [-0.25, -0.2) is 13.4 Å². The van der Waals surface area contributed by atoms with E-state index in [4.69, 9.17) is 16.3 Å². The molecule has 2 fully saturated rings. The largest absolute Gasteiger partial charge is 0.379 e. The molecule has 0 saturated carbocycles. The van der Waals surface area contributed by atoms with Crippen LogP contribution in [0.5, 0.6) is 0 Å². The Kier molecular flexibility index (Phi) is 7.30. The van der Waals surface area contributed by atoms with Crippen molar-refractivity contribution in [1.82, 2.24) is 14.6 Å². The van der Waals surface area contributed by atoms with E-state index in [1.807, 2.05) is 23.1 Å². The molecule has 0 spiro atoms. The molecule has 0 unspecified atom stereocenters. The number of nitrogens with zero attached hydrogens (tertiary/aromatic N) is 3. The number of carbonyl (C=O) groups is 1. The van der Waals surface area contributed by atoms with E-state index in [9.17, 15) is 13.2 Å². The number of halogens is 1. The zero-order chi connectivity index (χ0) is 22.6. The van der Waals surface area contributed by atoms with Crippen LogP contribution in [0.25, 0.3) is 0 Å². The summed E-state index contributed by atoms with van der Waals surface area (Å²) < 4.78 is 33.1. The zero-order valence-corrected chi connectivity index (χ0v) is 19.3. The molecule has 10 heteroatoms. The molecule has 1 aromatic heterocycles. The standard InChI is InChI=1S/C22H27ClN4O4S/c23-19-4-1-3-17(15-19)16-25-22(28)18-6-9-26(10-7-18)21-20(5-2-8-24-21)32(29,30)27-11-13-31-14-12-27/h1-5,8,15,18H,6-7,9-14,16H2,(H,25,28). The van der Waals surface area contributed by atoms with E-state index >= 15 is 0 Å². The first-order valence-corrected chi connectivity index (χ1v) is 12.6. The van der Waals surface area contributed by atoms with E-state index < -0.39 is 10.0 Å². The lowest BCUT2D eigenvalue weighted by Gasteiger charge is -2.34. The van der Waals surface area contributed by atoms with Crippen LogP contribution in [0.15, 0.2) is 47.5 Å². The minimum atomic E-state index is -3.66. The van der Waals surface area contributed by atoms with Gasteiger partial charge in [-0.05, 0) is 42.7 Å². The van der Waals surface area contributed by atoms with E-state index in [0.29, 0.717) is 69.6 Å². The molecule has 1 amide bonds. The lowest BCUT2D eigenvalue weighted by molar-refractivity contribution is -0.125. The van der Waals surface area contributed by atoms with Gasteiger partial charge in [0.15, 0.2) is 0 Å². The number of hydrogen-bond donors (Lipinski definition) is 1. The zero-order valence-electron chi connectivity index (χ0n) is 17.7. The summed E-state index contributed by atoms with van der Waals surface area (Å²) in [5, 5.41) is 3.62. The van der Waals surface area contributed by atoms with Gasteiger partial charge in [-0.3, -0.25) is 4.79 Å². The Morgan fingerprint density at radius 2 is 1.88 bits per heavy atom. The maximum atomic E-state index is 13.2. The number of ether oxygens (including phenoxy) is 1. The fourth-order valence-electron chi connectivity index (χ4n) is 4.08. The van der Waals surface area contributed by atoms with Gasteiger partial charge in [0.2, 0.25) is 15.9 Å². The second kappa shape index (κ2) is 10.2. The molecule has 3 heterocycles. The van der Waals surface area contributed by atoms with Gasteiger partial charge in [0.05, 0.1) is 13.2 Å². The van der Waals surface area contributed by atoms with Gasteiger partial charge in [0.1, 0.15) is 10.7 Å². The number of nitrogens with one attached hydrogen (secondary N) is 1. The summed E-state index contributed by atoms with van der Waals surface area (Å²) in [7, 11) is -3.66. The molecule has 1 aromatic carbocycles. The molecular weight excluding hydrogens is 452 g/mol. The van der Waals surface area contributed by atoms with E-state index in [0.717, 1.165) is 5.56 Å². The van der Waals surface area contributed by atoms with Gasteiger partial charge in [-0.1, -0.05) is 23.7 Å². The van der Waals surface area contributed by atoms with Gasteiger partial charge >= 0.3 is 0 Å². The molecule has 0 atom stereocenters. The van der Waals surface area contributed by atoms with E-state index in [2.05, 4.69) is 10.3 Å². The first kappa shape index (κ1) is 23.0. The molecule has 172 valence electrons. The van der Waals surface area contributed by atoms with Crippen LogP contribution in [0.1, 0.15) is 18.4 Å². The number of pyridine rings is 1. The summed E-state index contributed by atoms with van der Waals surface area (Å²) in [6.45, 7) is 3.03. The summed E-state index contributed by atoms with van der Waals surface area (Å²) >= 11 is 6.00. The molecule has 0 aliphatic carbocycles. The Labute approximate surface area is 193 Å². The van der Waals surface area contributed by atoms with Crippen LogP contribution in [-0.2, 0) is 26.1 Å². The van der Waals surface area contributed by atoms with Gasteiger partial charge in [-0.15, -0.1) is 0 Å². The summed E-state index contributed by atoms with van der Waals surface area (Å²) in [5.74, 6) is 0.344. The number of morpholine rings is 1. The molecule has 2 aliphatic heterocycles. The van der Waals surface area contributed by atoms with Gasteiger partial charge in [-0.2, -0.15) is 4.31 Å². The van der Waals surface area contributed by atoms with E-state index in [-0.39, 0.29) is 16.7 Å². The highest BCUT2D eigenvalue weighted by Crippen LogP contribution is 2.29. The number of hydrogen-bond acceptors (Lipinski definition) is 6. The molecule has 1 N–H and O–H groups in total. The fraction of sp³-hybridized carbons (Fsp3) is 0.455. The lowest BCUT2D eigenvalue weighted by atomic mass is 9.96. The highest BCUT2D eigenvalue weighted by molar-refractivity contribution is 7.89. The third-order valence-electron chi connectivity index (χ3n) is 5.86. The highest BCUT2D eigenvalue weighted by atomic mass is 35.5. The first-order valence-electron chi connectivity index (χ1n) is 10.7. The molecule has 2 aromatic rings. The summed E-state index contributed by atoms with van der Waals surface area (Å²) in [6, 6.07) is 10.7.